The zero-order valence-corrected chi connectivity index (χ0v) is 11.3. The molecule has 5 nitrogen and oxygen atoms in total. The average Bonchev–Trinajstić information content (AvgIpc) is 3.04. The van der Waals surface area contributed by atoms with Crippen LogP contribution in [0.4, 0.5) is 0 Å². The minimum absolute atomic E-state index is 0.138. The highest BCUT2D eigenvalue weighted by atomic mass is 35.5. The van der Waals surface area contributed by atoms with Gasteiger partial charge in [-0.25, -0.2) is 14.8 Å². The van der Waals surface area contributed by atoms with Crippen LogP contribution < -0.4 is 0 Å². The summed E-state index contributed by atoms with van der Waals surface area (Å²) in [6.45, 7) is 0. The third kappa shape index (κ3) is 2.09. The Kier molecular flexibility index (Phi) is 2.96. The van der Waals surface area contributed by atoms with Gasteiger partial charge < -0.3 is 9.15 Å². The molecule has 3 aromatic rings. The first-order valence-electron chi connectivity index (χ1n) is 5.27. The summed E-state index contributed by atoms with van der Waals surface area (Å²) in [5, 5.41) is 1.39. The molecular weight excluding hydrogens is 288 g/mol. The molecule has 19 heavy (non-hydrogen) atoms. The van der Waals surface area contributed by atoms with Gasteiger partial charge in [-0.15, -0.1) is 11.3 Å². The van der Waals surface area contributed by atoms with Gasteiger partial charge in [-0.3, -0.25) is 0 Å². The SMILES string of the molecule is COC(=O)c1coc(-c2cc3ccnc(Cl)c3s2)n1. The van der Waals surface area contributed by atoms with E-state index in [1.807, 2.05) is 12.1 Å². The zero-order chi connectivity index (χ0) is 13.4. The van der Waals surface area contributed by atoms with E-state index in [0.717, 1.165) is 15.0 Å². The summed E-state index contributed by atoms with van der Waals surface area (Å²) in [5.41, 5.74) is 0.138. The van der Waals surface area contributed by atoms with Crippen molar-refractivity contribution in [3.8, 4) is 10.8 Å². The third-order valence-corrected chi connectivity index (χ3v) is 4.04. The number of nitrogens with zero attached hydrogens (tertiary/aromatic N) is 2. The first-order chi connectivity index (χ1) is 9.19. The van der Waals surface area contributed by atoms with Crippen LogP contribution in [0.25, 0.3) is 20.9 Å². The number of methoxy groups -OCH3 is 1. The molecule has 0 aliphatic heterocycles. The minimum Gasteiger partial charge on any atom is -0.464 e. The summed E-state index contributed by atoms with van der Waals surface area (Å²) in [5.74, 6) is -0.173. The molecule has 0 bridgehead atoms. The van der Waals surface area contributed by atoms with Crippen LogP contribution in [-0.4, -0.2) is 23.0 Å². The van der Waals surface area contributed by atoms with Crippen LogP contribution in [0.15, 0.2) is 29.0 Å². The van der Waals surface area contributed by atoms with E-state index < -0.39 is 5.97 Å². The molecule has 0 N–H and O–H groups in total. The van der Waals surface area contributed by atoms with Crippen molar-refractivity contribution < 1.29 is 13.9 Å². The number of hydrogen-bond donors (Lipinski definition) is 0. The van der Waals surface area contributed by atoms with Gasteiger partial charge in [0.15, 0.2) is 5.69 Å². The van der Waals surface area contributed by atoms with Gasteiger partial charge in [-0.05, 0) is 17.5 Å². The van der Waals surface area contributed by atoms with Gasteiger partial charge >= 0.3 is 5.97 Å². The molecule has 0 saturated heterocycles. The quantitative estimate of drug-likeness (QED) is 0.535. The van der Waals surface area contributed by atoms with Crippen LogP contribution in [0.2, 0.25) is 5.15 Å². The standard InChI is InChI=1S/C12H7ClN2O3S/c1-17-12(16)7-5-18-11(15-7)8-4-6-2-3-14-10(13)9(6)19-8/h2-5H,1H3. The number of esters is 1. The van der Waals surface area contributed by atoms with E-state index in [-0.39, 0.29) is 5.69 Å². The Morgan fingerprint density at radius 1 is 1.53 bits per heavy atom. The summed E-state index contributed by atoms with van der Waals surface area (Å²) < 4.78 is 10.7. The molecule has 0 spiro atoms. The topological polar surface area (TPSA) is 65.2 Å². The molecule has 0 aromatic carbocycles. The monoisotopic (exact) mass is 294 g/mol. The van der Waals surface area contributed by atoms with Crippen LogP contribution in [0.5, 0.6) is 0 Å². The fraction of sp³-hybridized carbons (Fsp3) is 0.0833. The van der Waals surface area contributed by atoms with Crippen molar-refractivity contribution in [3.05, 3.63) is 35.4 Å². The number of ether oxygens (including phenoxy) is 1. The molecule has 3 heterocycles. The number of oxazole rings is 1. The van der Waals surface area contributed by atoms with Crippen molar-refractivity contribution in [2.24, 2.45) is 0 Å². The van der Waals surface area contributed by atoms with E-state index in [1.54, 1.807) is 6.20 Å². The van der Waals surface area contributed by atoms with Crippen LogP contribution in [0.3, 0.4) is 0 Å². The Morgan fingerprint density at radius 3 is 3.11 bits per heavy atom. The Bertz CT molecular complexity index is 765. The van der Waals surface area contributed by atoms with Gasteiger partial charge in [0.05, 0.1) is 16.7 Å². The molecule has 0 amide bonds. The van der Waals surface area contributed by atoms with Crippen molar-refractivity contribution in [1.29, 1.82) is 0 Å². The second-order valence-corrected chi connectivity index (χ2v) is 5.07. The highest BCUT2D eigenvalue weighted by Gasteiger charge is 2.16. The number of aromatic nitrogens is 2. The molecule has 0 unspecified atom stereocenters. The number of carbonyl (C=O) groups excluding carboxylic acids is 1. The molecular formula is C12H7ClN2O3S. The average molecular weight is 295 g/mol. The number of halogens is 1. The number of rotatable bonds is 2. The molecule has 0 atom stereocenters. The maximum Gasteiger partial charge on any atom is 0.360 e. The second-order valence-electron chi connectivity index (χ2n) is 3.66. The summed E-state index contributed by atoms with van der Waals surface area (Å²) in [6.07, 6.45) is 2.90. The molecule has 7 heteroatoms. The number of hydrogen-bond acceptors (Lipinski definition) is 6. The predicted octanol–water partition coefficient (Wildman–Crippen LogP) is 3.39. The lowest BCUT2D eigenvalue weighted by molar-refractivity contribution is 0.0594. The molecule has 0 aliphatic carbocycles. The normalized spacial score (nSPS) is 10.8. The minimum atomic E-state index is -0.532. The highest BCUT2D eigenvalue weighted by molar-refractivity contribution is 7.22. The number of pyridine rings is 1. The van der Waals surface area contributed by atoms with Gasteiger partial charge in [0.25, 0.3) is 0 Å². The van der Waals surface area contributed by atoms with Gasteiger partial charge in [-0.2, -0.15) is 0 Å². The Hall–Kier alpha value is -1.92. The molecule has 0 radical (unpaired) electrons. The van der Waals surface area contributed by atoms with Crippen LogP contribution in [0.1, 0.15) is 10.5 Å². The van der Waals surface area contributed by atoms with E-state index in [4.69, 9.17) is 16.0 Å². The zero-order valence-electron chi connectivity index (χ0n) is 9.71. The first-order valence-corrected chi connectivity index (χ1v) is 6.47. The van der Waals surface area contributed by atoms with E-state index in [0.29, 0.717) is 11.0 Å². The van der Waals surface area contributed by atoms with Crippen molar-refractivity contribution in [3.63, 3.8) is 0 Å². The molecule has 0 fully saturated rings. The Balaban J connectivity index is 2.07. The molecule has 0 aliphatic rings. The smallest absolute Gasteiger partial charge is 0.360 e. The van der Waals surface area contributed by atoms with Gasteiger partial charge in [-0.1, -0.05) is 11.6 Å². The number of thiophene rings is 1. The Labute approximate surface area is 116 Å². The lowest BCUT2D eigenvalue weighted by Crippen LogP contribution is -2.00. The van der Waals surface area contributed by atoms with E-state index >= 15 is 0 Å². The van der Waals surface area contributed by atoms with Gasteiger partial charge in [0.2, 0.25) is 5.89 Å². The first kappa shape index (κ1) is 12.1. The van der Waals surface area contributed by atoms with Gasteiger partial charge in [0, 0.05) is 6.20 Å². The predicted molar refractivity (Wildman–Crippen MR) is 71.5 cm³/mol. The third-order valence-electron chi connectivity index (χ3n) is 2.50. The van der Waals surface area contributed by atoms with Crippen molar-refractivity contribution in [2.45, 2.75) is 0 Å². The van der Waals surface area contributed by atoms with Crippen LogP contribution in [0, 0.1) is 0 Å². The van der Waals surface area contributed by atoms with E-state index in [9.17, 15) is 4.79 Å². The highest BCUT2D eigenvalue weighted by Crippen LogP contribution is 2.35. The lowest BCUT2D eigenvalue weighted by Gasteiger charge is -1.89. The van der Waals surface area contributed by atoms with Crippen molar-refractivity contribution in [1.82, 2.24) is 9.97 Å². The summed E-state index contributed by atoms with van der Waals surface area (Å²) >= 11 is 7.42. The molecule has 0 saturated carbocycles. The van der Waals surface area contributed by atoms with Gasteiger partial charge in [0.1, 0.15) is 11.4 Å². The molecule has 3 aromatic heterocycles. The fourth-order valence-electron chi connectivity index (χ4n) is 1.62. The fourth-order valence-corrected chi connectivity index (χ4v) is 2.87. The van der Waals surface area contributed by atoms with Crippen molar-refractivity contribution >= 4 is 39.0 Å². The maximum atomic E-state index is 11.3. The van der Waals surface area contributed by atoms with Crippen molar-refractivity contribution in [2.75, 3.05) is 7.11 Å². The summed E-state index contributed by atoms with van der Waals surface area (Å²) in [6, 6.07) is 3.74. The summed E-state index contributed by atoms with van der Waals surface area (Å²) in [7, 11) is 1.29. The lowest BCUT2D eigenvalue weighted by atomic mass is 10.3. The largest absolute Gasteiger partial charge is 0.464 e. The second kappa shape index (κ2) is 4.64. The molecule has 96 valence electrons. The number of fused-ring (bicyclic) bond motifs is 1. The Morgan fingerprint density at radius 2 is 2.37 bits per heavy atom. The van der Waals surface area contributed by atoms with E-state index in [1.165, 1.54) is 24.7 Å². The van der Waals surface area contributed by atoms with E-state index in [2.05, 4.69) is 14.7 Å². The molecule has 3 rings (SSSR count). The number of carbonyl (C=O) groups is 1. The summed E-state index contributed by atoms with van der Waals surface area (Å²) in [4.78, 5) is 20.2. The van der Waals surface area contributed by atoms with Crippen LogP contribution in [-0.2, 0) is 4.74 Å². The maximum absolute atomic E-state index is 11.3. The van der Waals surface area contributed by atoms with Crippen LogP contribution >= 0.6 is 22.9 Å².